The van der Waals surface area contributed by atoms with Crippen LogP contribution in [0.1, 0.15) is 91.9 Å². The minimum Gasteiger partial charge on any atom is -0.422 e. The highest BCUT2D eigenvalue weighted by molar-refractivity contribution is 7.75. The Kier molecular flexibility index (Phi) is 21.6. The van der Waals surface area contributed by atoms with Crippen LogP contribution in [0, 0.1) is 11.5 Å². The molecule has 0 fully saturated rings. The molecule has 0 aliphatic heterocycles. The third-order valence-corrected chi connectivity index (χ3v) is 10.4. The smallest absolute Gasteiger partial charge is 0.0925 e. The number of nitrogens with zero attached hydrogens (tertiary/aromatic N) is 3. The first-order valence-electron chi connectivity index (χ1n) is 9.99. The monoisotopic (exact) mass is 353 g/mol. The Labute approximate surface area is 152 Å². The van der Waals surface area contributed by atoms with Crippen LogP contribution in [0.25, 0.3) is 5.41 Å². The van der Waals surface area contributed by atoms with E-state index in [1.165, 1.54) is 94.9 Å². The molecule has 0 aromatic carbocycles. The molecule has 0 aromatic rings. The van der Waals surface area contributed by atoms with E-state index in [1.807, 2.05) is 0 Å². The van der Waals surface area contributed by atoms with Gasteiger partial charge in [0.15, 0.2) is 0 Å². The molecular formula is C20H40N3P. The summed E-state index contributed by atoms with van der Waals surface area (Å²) in [5, 5.41) is 14.9. The van der Waals surface area contributed by atoms with E-state index in [-0.39, 0.29) is 0 Å². The lowest BCUT2D eigenvalue weighted by Gasteiger charge is -2.23. The summed E-state index contributed by atoms with van der Waals surface area (Å²) in [6, 6.07) is 1.28. The fourth-order valence-electron chi connectivity index (χ4n) is 3.10. The van der Waals surface area contributed by atoms with Crippen molar-refractivity contribution >= 4 is 13.3 Å². The van der Waals surface area contributed by atoms with E-state index in [9.17, 15) is 0 Å². The molecule has 0 atom stereocenters. The molecule has 140 valence electrons. The van der Waals surface area contributed by atoms with Gasteiger partial charge in [0.25, 0.3) is 0 Å². The van der Waals surface area contributed by atoms with Crippen LogP contribution in [0.5, 0.6) is 0 Å². The van der Waals surface area contributed by atoms with Crippen molar-refractivity contribution < 1.29 is 0 Å². The third-order valence-electron chi connectivity index (χ3n) is 5.10. The molecule has 0 amide bonds. The molecule has 0 N–H and O–H groups in total. The maximum atomic E-state index is 7.43. The van der Waals surface area contributed by atoms with E-state index >= 15 is 0 Å². The second-order valence-corrected chi connectivity index (χ2v) is 11.5. The summed E-state index contributed by atoms with van der Waals surface area (Å²) in [4.78, 5) is 2.58. The molecule has 0 saturated carbocycles. The van der Waals surface area contributed by atoms with Gasteiger partial charge in [-0.3, -0.25) is 0 Å². The van der Waals surface area contributed by atoms with Gasteiger partial charge in [-0.2, -0.15) is 5.26 Å². The quantitative estimate of drug-likeness (QED) is 0.141. The zero-order chi connectivity index (χ0) is 18.5. The molecule has 0 unspecified atom stereocenters. The van der Waals surface area contributed by atoms with Gasteiger partial charge in [-0.05, 0) is 33.6 Å². The molecule has 24 heavy (non-hydrogen) atoms. The molecule has 0 aromatic heterocycles. The average Bonchev–Trinajstić information content (AvgIpc) is 2.62. The minimum absolute atomic E-state index is 0.513. The molecule has 4 heteroatoms. The van der Waals surface area contributed by atoms with Crippen LogP contribution in [-0.4, -0.2) is 30.7 Å². The Bertz CT molecular complexity index is 331. The molecule has 0 rings (SSSR count). The van der Waals surface area contributed by atoms with Gasteiger partial charge >= 0.3 is 0 Å². The van der Waals surface area contributed by atoms with Gasteiger partial charge in [0.2, 0.25) is 0 Å². The van der Waals surface area contributed by atoms with E-state index in [4.69, 9.17) is 10.7 Å². The first-order valence-corrected chi connectivity index (χ1v) is 12.5. The molecule has 0 aliphatic rings. The fourth-order valence-corrected chi connectivity index (χ4v) is 6.29. The van der Waals surface area contributed by atoms with E-state index < -0.39 is 7.26 Å². The summed E-state index contributed by atoms with van der Waals surface area (Å²) < 4.78 is 0. The second-order valence-electron chi connectivity index (χ2n) is 6.51. The average molecular weight is 354 g/mol. The van der Waals surface area contributed by atoms with Gasteiger partial charge in [0.1, 0.15) is 0 Å². The van der Waals surface area contributed by atoms with Gasteiger partial charge in [-0.15, -0.1) is 6.01 Å². The van der Waals surface area contributed by atoms with Crippen molar-refractivity contribution in [1.82, 2.24) is 0 Å². The second kappa shape index (κ2) is 20.3. The van der Waals surface area contributed by atoms with E-state index in [2.05, 4.69) is 32.7 Å². The van der Waals surface area contributed by atoms with Crippen LogP contribution < -0.4 is 0 Å². The van der Waals surface area contributed by atoms with Gasteiger partial charge in [-0.25, -0.2) is 0 Å². The van der Waals surface area contributed by atoms with Crippen molar-refractivity contribution in [2.24, 2.45) is 4.99 Å². The highest BCUT2D eigenvalue weighted by atomic mass is 31.2. The zero-order valence-corrected chi connectivity index (χ0v) is 17.6. The summed E-state index contributed by atoms with van der Waals surface area (Å²) in [6.45, 7) is 9.58. The number of hydrogen-bond donors (Lipinski definition) is 0. The lowest BCUT2D eigenvalue weighted by atomic mass is 10.1. The Morgan fingerprint density at radius 2 is 1.17 bits per heavy atom. The molecule has 0 bridgehead atoms. The van der Waals surface area contributed by atoms with Crippen LogP contribution in [0.15, 0.2) is 4.99 Å². The van der Waals surface area contributed by atoms with Gasteiger partial charge in [-0.1, -0.05) is 58.3 Å². The van der Waals surface area contributed by atoms with Crippen molar-refractivity contribution in [3.8, 4) is 6.19 Å². The number of aliphatic imine (C=N–C) groups is 1. The van der Waals surface area contributed by atoms with Crippen molar-refractivity contribution in [3.05, 3.63) is 5.41 Å². The molecule has 0 saturated heterocycles. The molecule has 0 aliphatic carbocycles. The Balaban J connectivity index is 0. The van der Waals surface area contributed by atoms with Crippen molar-refractivity contribution in [1.29, 1.82) is 5.26 Å². The lowest BCUT2D eigenvalue weighted by molar-refractivity contribution is 0.562. The summed E-state index contributed by atoms with van der Waals surface area (Å²) in [5.74, 6) is 0. The summed E-state index contributed by atoms with van der Waals surface area (Å²) in [5.41, 5.74) is 0. The summed E-state index contributed by atoms with van der Waals surface area (Å²) in [6.07, 6.45) is 22.0. The lowest BCUT2D eigenvalue weighted by Crippen LogP contribution is -2.07. The van der Waals surface area contributed by atoms with E-state index in [0.717, 1.165) is 0 Å². The third kappa shape index (κ3) is 16.2. The highest BCUT2D eigenvalue weighted by Crippen LogP contribution is 2.58. The Hall–Kier alpha value is -0.700. The molecule has 0 radical (unpaired) electrons. The number of hydrogen-bond acceptors (Lipinski definition) is 2. The molecule has 3 nitrogen and oxygen atoms in total. The molecule has 0 heterocycles. The van der Waals surface area contributed by atoms with Crippen LogP contribution in [0.4, 0.5) is 0 Å². The largest absolute Gasteiger partial charge is 0.422 e. The van der Waals surface area contributed by atoms with Crippen LogP contribution in [-0.2, 0) is 0 Å². The predicted octanol–water partition coefficient (Wildman–Crippen LogP) is 7.20. The van der Waals surface area contributed by atoms with E-state index in [1.54, 1.807) is 6.16 Å². The van der Waals surface area contributed by atoms with Crippen molar-refractivity contribution in [2.45, 2.75) is 91.9 Å². The van der Waals surface area contributed by atoms with Gasteiger partial charge < -0.3 is 10.4 Å². The molecular weight excluding hydrogens is 313 g/mol. The summed E-state index contributed by atoms with van der Waals surface area (Å²) >= 11 is 0. The first-order chi connectivity index (χ1) is 11.7. The summed E-state index contributed by atoms with van der Waals surface area (Å²) in [7, 11) is -0.513. The number of rotatable bonds is 14. The minimum atomic E-state index is -0.513. The van der Waals surface area contributed by atoms with E-state index in [0.29, 0.717) is 0 Å². The van der Waals surface area contributed by atoms with Gasteiger partial charge in [0, 0.05) is 7.26 Å². The first kappa shape index (κ1) is 25.5. The highest BCUT2D eigenvalue weighted by Gasteiger charge is 2.29. The number of nitriles is 1. The Morgan fingerprint density at radius 3 is 1.46 bits per heavy atom. The number of unbranched alkanes of at least 4 members (excludes halogenated alkanes) is 9. The molecule has 0 spiro atoms. The van der Waals surface area contributed by atoms with Crippen molar-refractivity contribution in [3.63, 3.8) is 0 Å². The SMILES string of the molecule is CCCCCCCCCCCC[P+](CC)(CC)CC.N#CN=C=[N-]. The fraction of sp³-hybridized carbons (Fsp3) is 0.900. The maximum absolute atomic E-state index is 7.43. The van der Waals surface area contributed by atoms with Crippen LogP contribution in [0.2, 0.25) is 0 Å². The Morgan fingerprint density at radius 1 is 0.750 bits per heavy atom. The van der Waals surface area contributed by atoms with Crippen molar-refractivity contribution in [2.75, 3.05) is 24.6 Å². The van der Waals surface area contributed by atoms with Crippen LogP contribution >= 0.6 is 7.26 Å². The topological polar surface area (TPSA) is 58.5 Å². The maximum Gasteiger partial charge on any atom is 0.0925 e. The zero-order valence-electron chi connectivity index (χ0n) is 16.7. The normalized spacial score (nSPS) is 10.3. The van der Waals surface area contributed by atoms with Crippen LogP contribution in [0.3, 0.4) is 0 Å². The standard InChI is InChI=1S/C18H40P.C2N3/c1-5-9-10-11-12-13-14-15-16-17-18-19(6-2,7-3)8-4;3-1-5-2-4/h5-18H2,1-4H3;/q+1;-1. The predicted molar refractivity (Wildman–Crippen MR) is 112 cm³/mol. The van der Waals surface area contributed by atoms with Gasteiger partial charge in [0.05, 0.1) is 30.8 Å².